The molecule has 0 N–H and O–H groups in total. The molecule has 2 aliphatic heterocycles. The van der Waals surface area contributed by atoms with Crippen LogP contribution in [0.2, 0.25) is 0 Å². The van der Waals surface area contributed by atoms with Crippen molar-refractivity contribution >= 4 is 17.3 Å². The first-order valence-corrected chi connectivity index (χ1v) is 8.99. The fourth-order valence-corrected chi connectivity index (χ4v) is 3.66. The summed E-state index contributed by atoms with van der Waals surface area (Å²) in [5.74, 6) is -0.0760. The number of amides is 1. The van der Waals surface area contributed by atoms with Crippen molar-refractivity contribution in [2.24, 2.45) is 0 Å². The predicted molar refractivity (Wildman–Crippen MR) is 93.5 cm³/mol. The molecule has 24 heavy (non-hydrogen) atoms. The van der Waals surface area contributed by atoms with Crippen molar-refractivity contribution < 1.29 is 9.72 Å². The second-order valence-electron chi connectivity index (χ2n) is 6.71. The van der Waals surface area contributed by atoms with E-state index in [-0.39, 0.29) is 16.5 Å². The average molecular weight is 331 g/mol. The lowest BCUT2D eigenvalue weighted by molar-refractivity contribution is -0.384. The maximum Gasteiger partial charge on any atom is 0.293 e. The van der Waals surface area contributed by atoms with Gasteiger partial charge in [0.2, 0.25) is 0 Å². The van der Waals surface area contributed by atoms with Gasteiger partial charge in [0, 0.05) is 37.8 Å². The molecule has 0 aromatic heterocycles. The molecule has 1 amide bonds. The van der Waals surface area contributed by atoms with Crippen LogP contribution in [-0.4, -0.2) is 41.9 Å². The Labute approximate surface area is 142 Å². The fraction of sp³-hybridized carbons (Fsp3) is 0.611. The highest BCUT2D eigenvalue weighted by Gasteiger charge is 2.25. The van der Waals surface area contributed by atoms with E-state index in [1.165, 1.54) is 12.5 Å². The zero-order chi connectivity index (χ0) is 16.9. The third-order valence-electron chi connectivity index (χ3n) is 5.01. The molecular formula is C18H25N3O3. The largest absolute Gasteiger partial charge is 0.366 e. The Kier molecular flexibility index (Phi) is 5.33. The molecule has 2 heterocycles. The van der Waals surface area contributed by atoms with Gasteiger partial charge in [0.25, 0.3) is 11.6 Å². The second kappa shape index (κ2) is 7.64. The topological polar surface area (TPSA) is 66.7 Å². The van der Waals surface area contributed by atoms with E-state index in [0.29, 0.717) is 11.3 Å². The van der Waals surface area contributed by atoms with Crippen molar-refractivity contribution in [3.05, 3.63) is 33.9 Å². The Morgan fingerprint density at radius 1 is 0.917 bits per heavy atom. The van der Waals surface area contributed by atoms with Gasteiger partial charge in [-0.2, -0.15) is 0 Å². The first-order valence-electron chi connectivity index (χ1n) is 8.99. The molecule has 0 radical (unpaired) electrons. The molecule has 6 heteroatoms. The minimum Gasteiger partial charge on any atom is -0.366 e. The Balaban J connectivity index is 1.83. The number of benzene rings is 1. The summed E-state index contributed by atoms with van der Waals surface area (Å²) in [6.45, 7) is 3.20. The number of carbonyl (C=O) groups excluding carboxylic acids is 1. The summed E-state index contributed by atoms with van der Waals surface area (Å²) >= 11 is 0. The van der Waals surface area contributed by atoms with Gasteiger partial charge in [-0.05, 0) is 37.8 Å². The van der Waals surface area contributed by atoms with Gasteiger partial charge in [0.05, 0.1) is 4.92 Å². The summed E-state index contributed by atoms with van der Waals surface area (Å²) in [6, 6.07) is 4.97. The van der Waals surface area contributed by atoms with E-state index in [4.69, 9.17) is 0 Å². The lowest BCUT2D eigenvalue weighted by Crippen LogP contribution is -2.33. The molecule has 2 fully saturated rings. The quantitative estimate of drug-likeness (QED) is 0.627. The Bertz CT molecular complexity index is 604. The van der Waals surface area contributed by atoms with Crippen LogP contribution in [0.25, 0.3) is 0 Å². The van der Waals surface area contributed by atoms with Crippen LogP contribution in [-0.2, 0) is 0 Å². The van der Waals surface area contributed by atoms with E-state index in [2.05, 4.69) is 0 Å². The molecule has 6 nitrogen and oxygen atoms in total. The standard InChI is InChI=1S/C18H25N3O3/c22-18(20-12-4-2-1-3-5-13-20)15-8-9-16(17(14-15)21(23)24)19-10-6-7-11-19/h8-9,14H,1-7,10-13H2. The van der Waals surface area contributed by atoms with Crippen LogP contribution in [0.5, 0.6) is 0 Å². The molecule has 1 aromatic rings. The molecule has 0 saturated carbocycles. The van der Waals surface area contributed by atoms with Crippen LogP contribution in [0.4, 0.5) is 11.4 Å². The minimum atomic E-state index is -0.363. The van der Waals surface area contributed by atoms with E-state index >= 15 is 0 Å². The molecule has 1 aromatic carbocycles. The summed E-state index contributed by atoms with van der Waals surface area (Å²) in [6.07, 6.45) is 7.68. The van der Waals surface area contributed by atoms with E-state index in [1.54, 1.807) is 12.1 Å². The normalized spacial score (nSPS) is 19.0. The summed E-state index contributed by atoms with van der Waals surface area (Å²) in [5.41, 5.74) is 1.13. The maximum absolute atomic E-state index is 12.8. The number of nitro benzene ring substituents is 1. The summed E-state index contributed by atoms with van der Waals surface area (Å²) in [5, 5.41) is 11.5. The molecular weight excluding hydrogens is 306 g/mol. The number of nitrogens with zero attached hydrogens (tertiary/aromatic N) is 3. The molecule has 0 aliphatic carbocycles. The Morgan fingerprint density at radius 2 is 1.50 bits per heavy atom. The number of nitro groups is 1. The van der Waals surface area contributed by atoms with Crippen LogP contribution in [0, 0.1) is 10.1 Å². The lowest BCUT2D eigenvalue weighted by atomic mass is 10.1. The van der Waals surface area contributed by atoms with Crippen molar-refractivity contribution in [1.82, 2.24) is 4.90 Å². The molecule has 2 aliphatic rings. The fourth-order valence-electron chi connectivity index (χ4n) is 3.66. The van der Waals surface area contributed by atoms with Gasteiger partial charge >= 0.3 is 0 Å². The predicted octanol–water partition coefficient (Wildman–Crippen LogP) is 3.60. The molecule has 2 saturated heterocycles. The minimum absolute atomic E-state index is 0.0507. The number of likely N-dealkylation sites (tertiary alicyclic amines) is 1. The van der Waals surface area contributed by atoms with E-state index in [1.807, 2.05) is 9.80 Å². The average Bonchev–Trinajstić information content (AvgIpc) is 3.07. The van der Waals surface area contributed by atoms with Crippen molar-refractivity contribution in [1.29, 1.82) is 0 Å². The summed E-state index contributed by atoms with van der Waals surface area (Å²) in [4.78, 5) is 27.8. The number of carbonyl (C=O) groups is 1. The van der Waals surface area contributed by atoms with Gasteiger partial charge in [-0.15, -0.1) is 0 Å². The summed E-state index contributed by atoms with van der Waals surface area (Å²) in [7, 11) is 0. The number of anilines is 1. The third-order valence-corrected chi connectivity index (χ3v) is 5.01. The third kappa shape index (κ3) is 3.68. The molecule has 0 atom stereocenters. The number of hydrogen-bond acceptors (Lipinski definition) is 4. The van der Waals surface area contributed by atoms with Gasteiger partial charge in [-0.1, -0.05) is 19.3 Å². The second-order valence-corrected chi connectivity index (χ2v) is 6.71. The van der Waals surface area contributed by atoms with Crippen LogP contribution < -0.4 is 4.90 Å². The van der Waals surface area contributed by atoms with E-state index < -0.39 is 0 Å². The van der Waals surface area contributed by atoms with E-state index in [9.17, 15) is 14.9 Å². The van der Waals surface area contributed by atoms with Crippen LogP contribution in [0.1, 0.15) is 55.3 Å². The maximum atomic E-state index is 12.8. The van der Waals surface area contributed by atoms with Gasteiger partial charge in [-0.3, -0.25) is 14.9 Å². The molecule has 130 valence electrons. The highest BCUT2D eigenvalue weighted by atomic mass is 16.6. The Morgan fingerprint density at radius 3 is 2.12 bits per heavy atom. The smallest absolute Gasteiger partial charge is 0.293 e. The van der Waals surface area contributed by atoms with Gasteiger partial charge < -0.3 is 9.80 Å². The van der Waals surface area contributed by atoms with Crippen molar-refractivity contribution in [2.75, 3.05) is 31.1 Å². The lowest BCUT2D eigenvalue weighted by Gasteiger charge is -2.25. The molecule has 0 unspecified atom stereocenters. The van der Waals surface area contributed by atoms with Crippen LogP contribution >= 0.6 is 0 Å². The van der Waals surface area contributed by atoms with Gasteiger partial charge in [-0.25, -0.2) is 0 Å². The number of hydrogen-bond donors (Lipinski definition) is 0. The highest BCUT2D eigenvalue weighted by molar-refractivity contribution is 5.95. The zero-order valence-electron chi connectivity index (χ0n) is 14.1. The molecule has 3 rings (SSSR count). The van der Waals surface area contributed by atoms with Gasteiger partial charge in [0.1, 0.15) is 5.69 Å². The number of rotatable bonds is 3. The van der Waals surface area contributed by atoms with Crippen LogP contribution in [0.3, 0.4) is 0 Å². The first kappa shape index (κ1) is 16.7. The van der Waals surface area contributed by atoms with E-state index in [0.717, 1.165) is 64.7 Å². The van der Waals surface area contributed by atoms with Crippen LogP contribution in [0.15, 0.2) is 18.2 Å². The van der Waals surface area contributed by atoms with Crippen molar-refractivity contribution in [3.63, 3.8) is 0 Å². The SMILES string of the molecule is O=C(c1ccc(N2CCCC2)c([N+](=O)[O-])c1)N1CCCCCCC1. The molecule has 0 bridgehead atoms. The Hall–Kier alpha value is -2.11. The van der Waals surface area contributed by atoms with Crippen molar-refractivity contribution in [3.8, 4) is 0 Å². The first-order chi connectivity index (χ1) is 11.7. The molecule has 0 spiro atoms. The van der Waals surface area contributed by atoms with Gasteiger partial charge in [0.15, 0.2) is 0 Å². The zero-order valence-corrected chi connectivity index (χ0v) is 14.1. The van der Waals surface area contributed by atoms with Crippen molar-refractivity contribution in [2.45, 2.75) is 44.9 Å². The summed E-state index contributed by atoms with van der Waals surface area (Å²) < 4.78 is 0. The highest BCUT2D eigenvalue weighted by Crippen LogP contribution is 2.32. The monoisotopic (exact) mass is 331 g/mol.